The molecule has 1 N–H and O–H groups in total. The summed E-state index contributed by atoms with van der Waals surface area (Å²) >= 11 is 0. The summed E-state index contributed by atoms with van der Waals surface area (Å²) < 4.78 is 17.0. The van der Waals surface area contributed by atoms with Gasteiger partial charge >= 0.3 is 0 Å². The molecule has 3 unspecified atom stereocenters. The molecule has 108 valence electrons. The Hall–Kier alpha value is -0.160. The summed E-state index contributed by atoms with van der Waals surface area (Å²) in [5, 5.41) is 3.43. The smallest absolute Gasteiger partial charge is 0.0990 e. The van der Waals surface area contributed by atoms with Gasteiger partial charge in [-0.25, -0.2) is 0 Å². The van der Waals surface area contributed by atoms with Crippen LogP contribution in [0.2, 0.25) is 0 Å². The Labute approximate surface area is 111 Å². The van der Waals surface area contributed by atoms with Crippen LogP contribution in [0.15, 0.2) is 0 Å². The van der Waals surface area contributed by atoms with Gasteiger partial charge in [-0.15, -0.1) is 0 Å². The minimum atomic E-state index is 0.208. The number of hydrogen-bond donors (Lipinski definition) is 1. The van der Waals surface area contributed by atoms with Crippen LogP contribution in [-0.2, 0) is 14.2 Å². The second-order valence-electron chi connectivity index (χ2n) is 5.20. The Morgan fingerprint density at radius 2 is 1.94 bits per heavy atom. The van der Waals surface area contributed by atoms with Gasteiger partial charge in [0.05, 0.1) is 25.4 Å². The van der Waals surface area contributed by atoms with E-state index in [4.69, 9.17) is 14.2 Å². The summed E-state index contributed by atoms with van der Waals surface area (Å²) in [6.07, 6.45) is 1.49. The molecule has 0 heterocycles. The van der Waals surface area contributed by atoms with Gasteiger partial charge in [0.25, 0.3) is 0 Å². The van der Waals surface area contributed by atoms with Crippen LogP contribution in [0.25, 0.3) is 0 Å². The molecule has 1 aliphatic rings. The van der Waals surface area contributed by atoms with Gasteiger partial charge in [0.1, 0.15) is 0 Å². The van der Waals surface area contributed by atoms with Crippen LogP contribution in [0.5, 0.6) is 0 Å². The fourth-order valence-corrected chi connectivity index (χ4v) is 2.20. The number of rotatable bonds is 10. The Bertz CT molecular complexity index is 211. The Morgan fingerprint density at radius 3 is 2.56 bits per heavy atom. The number of hydrogen-bond acceptors (Lipinski definition) is 4. The van der Waals surface area contributed by atoms with Gasteiger partial charge in [-0.3, -0.25) is 0 Å². The zero-order valence-corrected chi connectivity index (χ0v) is 12.3. The van der Waals surface area contributed by atoms with Crippen molar-refractivity contribution < 1.29 is 14.2 Å². The van der Waals surface area contributed by atoms with Crippen molar-refractivity contribution in [2.75, 3.05) is 33.0 Å². The fourth-order valence-electron chi connectivity index (χ4n) is 2.20. The highest BCUT2D eigenvalue weighted by Gasteiger charge is 2.41. The maximum atomic E-state index is 5.81. The molecule has 4 nitrogen and oxygen atoms in total. The van der Waals surface area contributed by atoms with E-state index >= 15 is 0 Å². The largest absolute Gasteiger partial charge is 0.379 e. The molecule has 0 aromatic heterocycles. The van der Waals surface area contributed by atoms with Crippen molar-refractivity contribution in [1.82, 2.24) is 5.32 Å². The molecule has 1 rings (SSSR count). The summed E-state index contributed by atoms with van der Waals surface area (Å²) in [6.45, 7) is 12.3. The average Bonchev–Trinajstić information content (AvgIpc) is 2.32. The third kappa shape index (κ3) is 5.22. The van der Waals surface area contributed by atoms with Crippen molar-refractivity contribution in [3.63, 3.8) is 0 Å². The number of nitrogens with one attached hydrogen (secondary N) is 1. The van der Waals surface area contributed by atoms with E-state index in [2.05, 4.69) is 26.1 Å². The molecule has 0 aromatic rings. The van der Waals surface area contributed by atoms with E-state index in [1.54, 1.807) is 0 Å². The minimum Gasteiger partial charge on any atom is -0.379 e. The molecule has 0 bridgehead atoms. The quantitative estimate of drug-likeness (QED) is 0.608. The van der Waals surface area contributed by atoms with Gasteiger partial charge in [-0.2, -0.15) is 0 Å². The predicted octanol–water partition coefficient (Wildman–Crippen LogP) is 1.83. The summed E-state index contributed by atoms with van der Waals surface area (Å²) in [7, 11) is 0. The second-order valence-corrected chi connectivity index (χ2v) is 5.20. The highest BCUT2D eigenvalue weighted by Crippen LogP contribution is 2.27. The molecule has 3 atom stereocenters. The van der Waals surface area contributed by atoms with E-state index < -0.39 is 0 Å². The van der Waals surface area contributed by atoms with Crippen LogP contribution in [0.4, 0.5) is 0 Å². The molecule has 18 heavy (non-hydrogen) atoms. The lowest BCUT2D eigenvalue weighted by Crippen LogP contribution is -2.60. The first-order valence-corrected chi connectivity index (χ1v) is 7.23. The zero-order valence-electron chi connectivity index (χ0n) is 12.3. The van der Waals surface area contributed by atoms with E-state index in [0.717, 1.165) is 26.2 Å². The molecule has 1 aliphatic carbocycles. The lowest BCUT2D eigenvalue weighted by atomic mass is 9.85. The lowest BCUT2D eigenvalue weighted by molar-refractivity contribution is -0.150. The summed E-state index contributed by atoms with van der Waals surface area (Å²) in [4.78, 5) is 0. The molecule has 0 saturated heterocycles. The molecule has 0 spiro atoms. The van der Waals surface area contributed by atoms with E-state index in [-0.39, 0.29) is 12.2 Å². The van der Waals surface area contributed by atoms with E-state index in [0.29, 0.717) is 25.2 Å². The van der Waals surface area contributed by atoms with Crippen LogP contribution in [-0.4, -0.2) is 51.2 Å². The molecular formula is C14H29NO3. The Kier molecular flexibility index (Phi) is 7.82. The van der Waals surface area contributed by atoms with Gasteiger partial charge < -0.3 is 19.5 Å². The maximum Gasteiger partial charge on any atom is 0.0990 e. The predicted molar refractivity (Wildman–Crippen MR) is 72.9 cm³/mol. The molecule has 1 saturated carbocycles. The van der Waals surface area contributed by atoms with E-state index in [1.807, 2.05) is 6.92 Å². The Morgan fingerprint density at radius 1 is 1.17 bits per heavy atom. The van der Waals surface area contributed by atoms with Gasteiger partial charge in [-0.05, 0) is 25.8 Å². The highest BCUT2D eigenvalue weighted by atomic mass is 16.6. The molecular weight excluding hydrogens is 230 g/mol. The van der Waals surface area contributed by atoms with Gasteiger partial charge in [0.2, 0.25) is 0 Å². The summed E-state index contributed by atoms with van der Waals surface area (Å²) in [5.41, 5.74) is 0. The van der Waals surface area contributed by atoms with Gasteiger partial charge in [-0.1, -0.05) is 20.8 Å². The summed E-state index contributed by atoms with van der Waals surface area (Å²) in [6, 6.07) is 0.455. The Balaban J connectivity index is 2.10. The SMILES string of the molecule is CCNC1CC(OCCOCC(C)C)C1OCC. The third-order valence-corrected chi connectivity index (χ3v) is 3.09. The molecule has 0 radical (unpaired) electrons. The van der Waals surface area contributed by atoms with Crippen LogP contribution in [0.1, 0.15) is 34.1 Å². The van der Waals surface area contributed by atoms with Crippen molar-refractivity contribution in [1.29, 1.82) is 0 Å². The number of ether oxygens (including phenoxy) is 3. The lowest BCUT2D eigenvalue weighted by Gasteiger charge is -2.44. The number of likely N-dealkylation sites (N-methyl/N-ethyl adjacent to an activating group) is 1. The molecule has 4 heteroatoms. The van der Waals surface area contributed by atoms with Crippen molar-refractivity contribution >= 4 is 0 Å². The minimum absolute atomic E-state index is 0.208. The molecule has 0 amide bonds. The third-order valence-electron chi connectivity index (χ3n) is 3.09. The highest BCUT2D eigenvalue weighted by molar-refractivity contribution is 4.97. The molecule has 1 fully saturated rings. The normalized spacial score (nSPS) is 27.5. The van der Waals surface area contributed by atoms with Crippen molar-refractivity contribution in [2.24, 2.45) is 5.92 Å². The van der Waals surface area contributed by atoms with E-state index in [1.165, 1.54) is 0 Å². The first-order chi connectivity index (χ1) is 8.69. The topological polar surface area (TPSA) is 39.7 Å². The van der Waals surface area contributed by atoms with Gasteiger partial charge in [0.15, 0.2) is 0 Å². The zero-order chi connectivity index (χ0) is 13.4. The molecule has 0 aliphatic heterocycles. The van der Waals surface area contributed by atoms with Crippen molar-refractivity contribution in [3.05, 3.63) is 0 Å². The van der Waals surface area contributed by atoms with E-state index in [9.17, 15) is 0 Å². The monoisotopic (exact) mass is 259 g/mol. The molecule has 0 aromatic carbocycles. The van der Waals surface area contributed by atoms with Crippen LogP contribution < -0.4 is 5.32 Å². The van der Waals surface area contributed by atoms with Gasteiger partial charge in [0, 0.05) is 19.3 Å². The van der Waals surface area contributed by atoms with Crippen molar-refractivity contribution in [3.8, 4) is 0 Å². The van der Waals surface area contributed by atoms with Crippen LogP contribution in [0, 0.1) is 5.92 Å². The van der Waals surface area contributed by atoms with Crippen LogP contribution in [0.3, 0.4) is 0 Å². The summed E-state index contributed by atoms with van der Waals surface area (Å²) in [5.74, 6) is 0.586. The first-order valence-electron chi connectivity index (χ1n) is 7.23. The fraction of sp³-hybridized carbons (Fsp3) is 1.00. The average molecular weight is 259 g/mol. The van der Waals surface area contributed by atoms with Crippen molar-refractivity contribution in [2.45, 2.75) is 52.4 Å². The standard InChI is InChI=1S/C14H29NO3/c1-5-15-12-9-13(14(12)17-6-2)18-8-7-16-10-11(3)4/h11-15H,5-10H2,1-4H3. The van der Waals surface area contributed by atoms with Crippen LogP contribution >= 0.6 is 0 Å². The maximum absolute atomic E-state index is 5.81. The first kappa shape index (κ1) is 15.9. The second kappa shape index (κ2) is 8.86.